The molecule has 0 saturated carbocycles. The summed E-state index contributed by atoms with van der Waals surface area (Å²) in [4.78, 5) is 23.2. The molecule has 0 aromatic rings. The molecule has 0 radical (unpaired) electrons. The Labute approximate surface area is 133 Å². The van der Waals surface area contributed by atoms with Gasteiger partial charge in [-0.1, -0.05) is 32.6 Å². The number of carboxylic acid groups (broad SMARTS) is 1. The van der Waals surface area contributed by atoms with Gasteiger partial charge in [-0.25, -0.2) is 0 Å². The summed E-state index contributed by atoms with van der Waals surface area (Å²) in [7, 11) is 5.34. The van der Waals surface area contributed by atoms with E-state index in [2.05, 4.69) is 6.92 Å². The third-order valence-electron chi connectivity index (χ3n) is 3.51. The molecule has 0 aromatic heterocycles. The van der Waals surface area contributed by atoms with Crippen LogP contribution in [0.15, 0.2) is 0 Å². The van der Waals surface area contributed by atoms with Gasteiger partial charge in [0.05, 0.1) is 33.7 Å². The van der Waals surface area contributed by atoms with Gasteiger partial charge in [0.15, 0.2) is 11.4 Å². The largest absolute Gasteiger partial charge is 0.481 e. The number of carbonyl (C=O) groups excluding carboxylic acids is 1. The van der Waals surface area contributed by atoms with E-state index in [0.29, 0.717) is 6.42 Å². The standard InChI is InChI=1S/C16H31NO5/c1-5-6-7-8-9-13(18)10-14(19)16(22,11-15(20)21)12-17(2,3)4/h13,18,22H,5-12H2,1-4H3/p+1. The molecular formula is C16H32NO5+. The lowest BCUT2D eigenvalue weighted by Gasteiger charge is -2.34. The number of quaternary nitrogens is 1. The molecule has 22 heavy (non-hydrogen) atoms. The Morgan fingerprint density at radius 1 is 1.14 bits per heavy atom. The average molecular weight is 318 g/mol. The Morgan fingerprint density at radius 2 is 1.73 bits per heavy atom. The maximum atomic E-state index is 12.3. The van der Waals surface area contributed by atoms with Gasteiger partial charge < -0.3 is 19.8 Å². The zero-order valence-electron chi connectivity index (χ0n) is 14.3. The van der Waals surface area contributed by atoms with Gasteiger partial charge in [-0.05, 0) is 6.42 Å². The van der Waals surface area contributed by atoms with E-state index >= 15 is 0 Å². The van der Waals surface area contributed by atoms with Crippen molar-refractivity contribution in [3.8, 4) is 0 Å². The molecule has 0 aliphatic rings. The Bertz CT molecular complexity index is 364. The zero-order valence-corrected chi connectivity index (χ0v) is 14.3. The summed E-state index contributed by atoms with van der Waals surface area (Å²) in [5.41, 5.74) is -1.94. The quantitative estimate of drug-likeness (QED) is 0.371. The van der Waals surface area contributed by atoms with Crippen LogP contribution in [0.4, 0.5) is 0 Å². The number of ketones is 1. The molecule has 0 aromatic carbocycles. The number of nitrogens with zero attached hydrogens (tertiary/aromatic N) is 1. The van der Waals surface area contributed by atoms with E-state index in [1.54, 1.807) is 21.1 Å². The van der Waals surface area contributed by atoms with E-state index in [0.717, 1.165) is 25.7 Å². The van der Waals surface area contributed by atoms with Crippen molar-refractivity contribution in [1.82, 2.24) is 0 Å². The van der Waals surface area contributed by atoms with E-state index in [4.69, 9.17) is 5.11 Å². The van der Waals surface area contributed by atoms with Crippen LogP contribution in [0, 0.1) is 0 Å². The number of hydrogen-bond acceptors (Lipinski definition) is 4. The minimum atomic E-state index is -1.94. The molecule has 0 fully saturated rings. The van der Waals surface area contributed by atoms with Crippen molar-refractivity contribution < 1.29 is 29.4 Å². The van der Waals surface area contributed by atoms with Crippen molar-refractivity contribution in [1.29, 1.82) is 0 Å². The zero-order chi connectivity index (χ0) is 17.4. The number of unbranched alkanes of at least 4 members (excludes halogenated alkanes) is 3. The first-order valence-corrected chi connectivity index (χ1v) is 7.96. The Kier molecular flexibility index (Phi) is 8.81. The fourth-order valence-electron chi connectivity index (χ4n) is 2.59. The molecule has 130 valence electrons. The Balaban J connectivity index is 4.66. The first-order valence-electron chi connectivity index (χ1n) is 7.96. The summed E-state index contributed by atoms with van der Waals surface area (Å²) < 4.78 is 0.266. The van der Waals surface area contributed by atoms with E-state index in [9.17, 15) is 19.8 Å². The number of likely N-dealkylation sites (N-methyl/N-ethyl adjacent to an activating group) is 1. The third-order valence-corrected chi connectivity index (χ3v) is 3.51. The molecule has 0 rings (SSSR count). The smallest absolute Gasteiger partial charge is 0.306 e. The predicted molar refractivity (Wildman–Crippen MR) is 84.5 cm³/mol. The topological polar surface area (TPSA) is 94.8 Å². The van der Waals surface area contributed by atoms with Crippen LogP contribution >= 0.6 is 0 Å². The first kappa shape index (κ1) is 21.0. The van der Waals surface area contributed by atoms with Crippen molar-refractivity contribution in [2.24, 2.45) is 0 Å². The lowest BCUT2D eigenvalue weighted by atomic mass is 9.88. The van der Waals surface area contributed by atoms with Crippen LogP contribution in [0.3, 0.4) is 0 Å². The van der Waals surface area contributed by atoms with Gasteiger partial charge in [0, 0.05) is 6.42 Å². The van der Waals surface area contributed by atoms with Gasteiger partial charge in [0.2, 0.25) is 0 Å². The second-order valence-corrected chi connectivity index (χ2v) is 7.18. The molecule has 0 heterocycles. The molecule has 0 amide bonds. The number of carbonyl (C=O) groups is 2. The number of Topliss-reactive ketones (excluding diaryl/α,β-unsaturated/α-hetero) is 1. The maximum Gasteiger partial charge on any atom is 0.306 e. The van der Waals surface area contributed by atoms with Crippen LogP contribution in [0.5, 0.6) is 0 Å². The van der Waals surface area contributed by atoms with Gasteiger partial charge in [-0.15, -0.1) is 0 Å². The second kappa shape index (κ2) is 9.22. The van der Waals surface area contributed by atoms with Crippen molar-refractivity contribution in [2.75, 3.05) is 27.7 Å². The summed E-state index contributed by atoms with van der Waals surface area (Å²) in [6, 6.07) is 0. The lowest BCUT2D eigenvalue weighted by Crippen LogP contribution is -2.55. The summed E-state index contributed by atoms with van der Waals surface area (Å²) in [6.07, 6.45) is 2.85. The summed E-state index contributed by atoms with van der Waals surface area (Å²) in [5.74, 6) is -1.81. The molecule has 0 saturated heterocycles. The Hall–Kier alpha value is -0.980. The minimum Gasteiger partial charge on any atom is -0.481 e. The lowest BCUT2D eigenvalue weighted by molar-refractivity contribution is -0.875. The second-order valence-electron chi connectivity index (χ2n) is 7.18. The van der Waals surface area contributed by atoms with E-state index in [1.165, 1.54) is 0 Å². The highest BCUT2D eigenvalue weighted by Crippen LogP contribution is 2.20. The highest BCUT2D eigenvalue weighted by molar-refractivity contribution is 5.91. The molecule has 2 unspecified atom stereocenters. The summed E-state index contributed by atoms with van der Waals surface area (Å²) >= 11 is 0. The molecule has 0 spiro atoms. The number of aliphatic carboxylic acids is 1. The highest BCUT2D eigenvalue weighted by Gasteiger charge is 2.43. The average Bonchev–Trinajstić information content (AvgIpc) is 2.31. The van der Waals surface area contributed by atoms with Crippen molar-refractivity contribution in [3.05, 3.63) is 0 Å². The van der Waals surface area contributed by atoms with E-state index in [1.807, 2.05) is 0 Å². The highest BCUT2D eigenvalue weighted by atomic mass is 16.4. The van der Waals surface area contributed by atoms with E-state index in [-0.39, 0.29) is 17.4 Å². The molecule has 6 nitrogen and oxygen atoms in total. The molecular weight excluding hydrogens is 286 g/mol. The Morgan fingerprint density at radius 3 is 2.18 bits per heavy atom. The third kappa shape index (κ3) is 9.12. The van der Waals surface area contributed by atoms with Crippen LogP contribution in [0.1, 0.15) is 51.9 Å². The SMILES string of the molecule is CCCCCCC(O)CC(=O)C(O)(CC(=O)O)C[N+](C)(C)C. The van der Waals surface area contributed by atoms with Gasteiger partial charge in [0.1, 0.15) is 6.54 Å². The monoisotopic (exact) mass is 318 g/mol. The van der Waals surface area contributed by atoms with Crippen LogP contribution in [0.2, 0.25) is 0 Å². The summed E-state index contributed by atoms with van der Waals surface area (Å²) in [5, 5.41) is 29.4. The van der Waals surface area contributed by atoms with Crippen LogP contribution in [0.25, 0.3) is 0 Å². The number of aliphatic hydroxyl groups excluding tert-OH is 1. The fourth-order valence-corrected chi connectivity index (χ4v) is 2.59. The number of hydrogen-bond donors (Lipinski definition) is 3. The van der Waals surface area contributed by atoms with Crippen molar-refractivity contribution in [3.63, 3.8) is 0 Å². The molecule has 0 bridgehead atoms. The fraction of sp³-hybridized carbons (Fsp3) is 0.875. The van der Waals surface area contributed by atoms with Gasteiger partial charge in [0.25, 0.3) is 0 Å². The number of rotatable bonds is 12. The number of aliphatic hydroxyl groups is 2. The van der Waals surface area contributed by atoms with Crippen molar-refractivity contribution >= 4 is 11.8 Å². The molecule has 6 heteroatoms. The summed E-state index contributed by atoms with van der Waals surface area (Å²) in [6.45, 7) is 2.09. The van der Waals surface area contributed by atoms with Gasteiger partial charge in [-0.2, -0.15) is 0 Å². The number of carboxylic acids is 1. The molecule has 0 aliphatic heterocycles. The molecule has 2 atom stereocenters. The van der Waals surface area contributed by atoms with Crippen LogP contribution < -0.4 is 0 Å². The normalized spacial score (nSPS) is 16.1. The van der Waals surface area contributed by atoms with E-state index < -0.39 is 29.9 Å². The predicted octanol–water partition coefficient (Wildman–Crippen LogP) is 1.19. The van der Waals surface area contributed by atoms with Crippen LogP contribution in [-0.2, 0) is 9.59 Å². The van der Waals surface area contributed by atoms with Gasteiger partial charge in [-0.3, -0.25) is 9.59 Å². The molecule has 0 aliphatic carbocycles. The first-order chi connectivity index (χ1) is 10.00. The minimum absolute atomic E-state index is 0.000683. The van der Waals surface area contributed by atoms with Gasteiger partial charge >= 0.3 is 5.97 Å². The van der Waals surface area contributed by atoms with Crippen molar-refractivity contribution in [2.45, 2.75) is 63.6 Å². The maximum absolute atomic E-state index is 12.3. The van der Waals surface area contributed by atoms with Crippen LogP contribution in [-0.4, -0.2) is 70.9 Å². The molecule has 3 N–H and O–H groups in total.